The molecule has 4 rings (SSSR count). The lowest BCUT2D eigenvalue weighted by molar-refractivity contribution is 0.201. The van der Waals surface area contributed by atoms with Crippen LogP contribution in [0.5, 0.6) is 11.5 Å². The van der Waals surface area contributed by atoms with E-state index in [1.54, 1.807) is 0 Å². The third-order valence-electron chi connectivity index (χ3n) is 5.61. The summed E-state index contributed by atoms with van der Waals surface area (Å²) in [4.78, 5) is 2.20. The Labute approximate surface area is 212 Å². The molecule has 4 aromatic carbocycles. The summed E-state index contributed by atoms with van der Waals surface area (Å²) in [6.45, 7) is 2.64. The second-order valence-electron chi connectivity index (χ2n) is 8.30. The fraction of sp³-hybridized carbons (Fsp3) is 0.161. The number of nitrogens with zero attached hydrogens (tertiary/aromatic N) is 1. The summed E-state index contributed by atoms with van der Waals surface area (Å²) in [6.07, 6.45) is 4.14. The van der Waals surface area contributed by atoms with Gasteiger partial charge in [0, 0.05) is 17.1 Å². The van der Waals surface area contributed by atoms with Crippen molar-refractivity contribution in [3.8, 4) is 11.5 Å². The first kappa shape index (κ1) is 25.0. The van der Waals surface area contributed by atoms with Crippen molar-refractivity contribution in [1.29, 1.82) is 0 Å². The fourth-order valence-corrected chi connectivity index (χ4v) is 3.76. The lowest BCUT2D eigenvalue weighted by Crippen LogP contribution is -2.10. The number of ether oxygens (including phenoxy) is 2. The zero-order valence-corrected chi connectivity index (χ0v) is 20.4. The molecule has 0 atom stereocenters. The van der Waals surface area contributed by atoms with E-state index in [0.29, 0.717) is 6.61 Å². The first-order chi connectivity index (χ1) is 17.7. The van der Waals surface area contributed by atoms with Gasteiger partial charge in [0.1, 0.15) is 24.7 Å². The van der Waals surface area contributed by atoms with Crippen molar-refractivity contribution in [2.75, 3.05) is 31.3 Å². The molecule has 4 aromatic rings. The number of aryl methyl sites for hydroxylation is 1. The second kappa shape index (κ2) is 12.6. The van der Waals surface area contributed by atoms with E-state index in [0.717, 1.165) is 39.7 Å². The van der Waals surface area contributed by atoms with E-state index in [2.05, 4.69) is 72.5 Å². The number of hydrogen-bond acceptors (Lipinski definition) is 5. The van der Waals surface area contributed by atoms with Crippen LogP contribution in [0.1, 0.15) is 16.7 Å². The average Bonchev–Trinajstić information content (AvgIpc) is 2.93. The van der Waals surface area contributed by atoms with Gasteiger partial charge >= 0.3 is 0 Å². The Bertz CT molecular complexity index is 1230. The fourth-order valence-electron chi connectivity index (χ4n) is 3.76. The van der Waals surface area contributed by atoms with Crippen LogP contribution >= 0.6 is 0 Å². The highest BCUT2D eigenvalue weighted by Crippen LogP contribution is 2.35. The molecule has 0 aromatic heterocycles. The van der Waals surface area contributed by atoms with Crippen molar-refractivity contribution in [3.63, 3.8) is 0 Å². The summed E-state index contributed by atoms with van der Waals surface area (Å²) in [6, 6.07) is 32.6. The number of aliphatic hydroxyl groups excluding tert-OH is 2. The summed E-state index contributed by atoms with van der Waals surface area (Å²) in [7, 11) is 0. The van der Waals surface area contributed by atoms with Gasteiger partial charge in [-0.15, -0.1) is 0 Å². The molecule has 0 aliphatic rings. The number of rotatable bonds is 11. The summed E-state index contributed by atoms with van der Waals surface area (Å²) in [5, 5.41) is 17.9. The molecule has 0 radical (unpaired) electrons. The average molecular weight is 482 g/mol. The zero-order chi connectivity index (χ0) is 25.2. The third kappa shape index (κ3) is 6.75. The van der Waals surface area contributed by atoms with E-state index in [-0.39, 0.29) is 19.8 Å². The van der Waals surface area contributed by atoms with Gasteiger partial charge in [-0.2, -0.15) is 0 Å². The standard InChI is InChI=1S/C31H31NO4/c1-24-2-10-27(11-3-24)32(29-14-18-31(19-15-29)36-23-21-34)28-12-6-25(7-13-28)4-5-26-8-16-30(17-9-26)35-22-20-33/h2-19,33-34H,20-23H2,1H3. The number of hydrogen-bond donors (Lipinski definition) is 2. The van der Waals surface area contributed by atoms with Gasteiger partial charge in [-0.25, -0.2) is 0 Å². The van der Waals surface area contributed by atoms with Crippen LogP contribution in [0.2, 0.25) is 0 Å². The number of benzene rings is 4. The maximum Gasteiger partial charge on any atom is 0.119 e. The summed E-state index contributed by atoms with van der Waals surface area (Å²) in [5.41, 5.74) is 6.50. The molecule has 5 nitrogen and oxygen atoms in total. The van der Waals surface area contributed by atoms with Gasteiger partial charge in [0.2, 0.25) is 0 Å². The maximum absolute atomic E-state index is 9.00. The molecule has 36 heavy (non-hydrogen) atoms. The quantitative estimate of drug-likeness (QED) is 0.244. The lowest BCUT2D eigenvalue weighted by atomic mass is 10.1. The molecule has 0 saturated carbocycles. The Hall–Kier alpha value is -4.06. The molecule has 0 saturated heterocycles. The predicted octanol–water partition coefficient (Wildman–Crippen LogP) is 6.38. The highest BCUT2D eigenvalue weighted by atomic mass is 16.5. The molecule has 184 valence electrons. The van der Waals surface area contributed by atoms with Crippen molar-refractivity contribution in [2.45, 2.75) is 6.92 Å². The number of anilines is 3. The van der Waals surface area contributed by atoms with E-state index >= 15 is 0 Å². The molecule has 0 aliphatic carbocycles. The zero-order valence-electron chi connectivity index (χ0n) is 20.4. The van der Waals surface area contributed by atoms with Crippen LogP contribution in [-0.4, -0.2) is 36.6 Å². The molecule has 2 N–H and O–H groups in total. The molecule has 0 fully saturated rings. The van der Waals surface area contributed by atoms with Gasteiger partial charge < -0.3 is 24.6 Å². The molecular weight excluding hydrogens is 450 g/mol. The SMILES string of the molecule is Cc1ccc(N(c2ccc(C=Cc3ccc(OCCO)cc3)cc2)c2ccc(OCCO)cc2)cc1. The van der Waals surface area contributed by atoms with Crippen LogP contribution in [0.25, 0.3) is 12.2 Å². The Kier molecular flexibility index (Phi) is 8.76. The first-order valence-corrected chi connectivity index (χ1v) is 12.0. The van der Waals surface area contributed by atoms with Crippen molar-refractivity contribution < 1.29 is 19.7 Å². The summed E-state index contributed by atoms with van der Waals surface area (Å²) >= 11 is 0. The van der Waals surface area contributed by atoms with Crippen LogP contribution in [0.4, 0.5) is 17.1 Å². The molecule has 0 heterocycles. The van der Waals surface area contributed by atoms with E-state index < -0.39 is 0 Å². The van der Waals surface area contributed by atoms with E-state index in [1.165, 1.54) is 5.56 Å². The van der Waals surface area contributed by atoms with Gasteiger partial charge in [0.15, 0.2) is 0 Å². The molecule has 5 heteroatoms. The molecule has 0 bridgehead atoms. The largest absolute Gasteiger partial charge is 0.491 e. The predicted molar refractivity (Wildman–Crippen MR) is 146 cm³/mol. The Balaban J connectivity index is 1.54. The normalized spacial score (nSPS) is 11.0. The second-order valence-corrected chi connectivity index (χ2v) is 8.30. The van der Waals surface area contributed by atoms with Crippen LogP contribution in [0.15, 0.2) is 97.1 Å². The van der Waals surface area contributed by atoms with Crippen molar-refractivity contribution in [3.05, 3.63) is 114 Å². The van der Waals surface area contributed by atoms with Gasteiger partial charge in [-0.3, -0.25) is 0 Å². The lowest BCUT2D eigenvalue weighted by Gasteiger charge is -2.26. The molecule has 0 spiro atoms. The first-order valence-electron chi connectivity index (χ1n) is 12.0. The van der Waals surface area contributed by atoms with Gasteiger partial charge in [-0.1, -0.05) is 54.1 Å². The topological polar surface area (TPSA) is 62.2 Å². The Morgan fingerprint density at radius 1 is 0.556 bits per heavy atom. The maximum atomic E-state index is 9.00. The van der Waals surface area contributed by atoms with Crippen LogP contribution in [0.3, 0.4) is 0 Å². The van der Waals surface area contributed by atoms with Gasteiger partial charge in [0.25, 0.3) is 0 Å². The third-order valence-corrected chi connectivity index (χ3v) is 5.61. The summed E-state index contributed by atoms with van der Waals surface area (Å²) in [5.74, 6) is 1.47. The van der Waals surface area contributed by atoms with Crippen LogP contribution < -0.4 is 14.4 Å². The molecular formula is C31H31NO4. The van der Waals surface area contributed by atoms with Gasteiger partial charge in [0.05, 0.1) is 13.2 Å². The smallest absolute Gasteiger partial charge is 0.119 e. The summed E-state index contributed by atoms with van der Waals surface area (Å²) < 4.78 is 10.9. The van der Waals surface area contributed by atoms with Crippen molar-refractivity contribution in [1.82, 2.24) is 0 Å². The highest BCUT2D eigenvalue weighted by molar-refractivity contribution is 5.78. The number of aliphatic hydroxyl groups is 2. The Morgan fingerprint density at radius 2 is 0.917 bits per heavy atom. The van der Waals surface area contributed by atoms with Crippen molar-refractivity contribution in [2.24, 2.45) is 0 Å². The molecule has 0 aliphatic heterocycles. The van der Waals surface area contributed by atoms with Crippen molar-refractivity contribution >= 4 is 29.2 Å². The minimum Gasteiger partial charge on any atom is -0.491 e. The van der Waals surface area contributed by atoms with E-state index in [1.807, 2.05) is 48.5 Å². The minimum absolute atomic E-state index is 0.00332. The minimum atomic E-state index is -0.0115. The van der Waals surface area contributed by atoms with E-state index in [4.69, 9.17) is 19.7 Å². The molecule has 0 unspecified atom stereocenters. The Morgan fingerprint density at radius 3 is 1.36 bits per heavy atom. The van der Waals surface area contributed by atoms with Crippen LogP contribution in [-0.2, 0) is 0 Å². The van der Waals surface area contributed by atoms with E-state index in [9.17, 15) is 0 Å². The highest BCUT2D eigenvalue weighted by Gasteiger charge is 2.12. The van der Waals surface area contributed by atoms with Crippen LogP contribution in [0, 0.1) is 6.92 Å². The molecule has 0 amide bonds. The van der Waals surface area contributed by atoms with Gasteiger partial charge in [-0.05, 0) is 78.7 Å². The monoisotopic (exact) mass is 481 g/mol.